The van der Waals surface area contributed by atoms with Crippen molar-refractivity contribution in [2.24, 2.45) is 0 Å². The fraction of sp³-hybridized carbons (Fsp3) is 0.278. The summed E-state index contributed by atoms with van der Waals surface area (Å²) in [6.45, 7) is 7.18. The zero-order chi connectivity index (χ0) is 15.2. The van der Waals surface area contributed by atoms with Gasteiger partial charge in [0.05, 0.1) is 12.2 Å². The minimum atomic E-state index is -0.279. The number of nitrogens with one attached hydrogen (secondary N) is 1. The molecule has 0 aliphatic rings. The van der Waals surface area contributed by atoms with Gasteiger partial charge >= 0.3 is 5.97 Å². The van der Waals surface area contributed by atoms with Crippen LogP contribution in [-0.4, -0.2) is 12.6 Å². The maximum absolute atomic E-state index is 11.6. The van der Waals surface area contributed by atoms with Crippen molar-refractivity contribution in [3.8, 4) is 0 Å². The quantitative estimate of drug-likeness (QED) is 0.840. The van der Waals surface area contributed by atoms with E-state index in [1.54, 1.807) is 19.1 Å². The molecular weight excluding hydrogens is 262 g/mol. The number of esters is 1. The Balaban J connectivity index is 1.99. The second-order valence-electron chi connectivity index (χ2n) is 5.08. The third-order valence-corrected chi connectivity index (χ3v) is 3.38. The number of hydrogen-bond acceptors (Lipinski definition) is 3. The Morgan fingerprint density at radius 1 is 1.10 bits per heavy atom. The molecule has 0 saturated heterocycles. The van der Waals surface area contributed by atoms with Crippen LogP contribution in [0.25, 0.3) is 0 Å². The summed E-state index contributed by atoms with van der Waals surface area (Å²) >= 11 is 0. The van der Waals surface area contributed by atoms with Gasteiger partial charge in [-0.05, 0) is 56.2 Å². The first kappa shape index (κ1) is 15.1. The zero-order valence-corrected chi connectivity index (χ0v) is 12.8. The van der Waals surface area contributed by atoms with Crippen LogP contribution in [0.2, 0.25) is 0 Å². The second kappa shape index (κ2) is 6.93. The van der Waals surface area contributed by atoms with E-state index in [0.29, 0.717) is 12.2 Å². The van der Waals surface area contributed by atoms with Crippen LogP contribution in [0.3, 0.4) is 0 Å². The van der Waals surface area contributed by atoms with Gasteiger partial charge in [-0.15, -0.1) is 0 Å². The monoisotopic (exact) mass is 283 g/mol. The number of aryl methyl sites for hydroxylation is 2. The van der Waals surface area contributed by atoms with Crippen molar-refractivity contribution >= 4 is 11.7 Å². The lowest BCUT2D eigenvalue weighted by atomic mass is 10.1. The number of benzene rings is 2. The largest absolute Gasteiger partial charge is 0.462 e. The number of rotatable bonds is 5. The number of anilines is 1. The van der Waals surface area contributed by atoms with Crippen LogP contribution in [-0.2, 0) is 11.3 Å². The Morgan fingerprint density at radius 2 is 1.81 bits per heavy atom. The van der Waals surface area contributed by atoms with Crippen LogP contribution in [0.4, 0.5) is 5.69 Å². The van der Waals surface area contributed by atoms with Crippen LogP contribution in [0, 0.1) is 13.8 Å². The summed E-state index contributed by atoms with van der Waals surface area (Å²) in [7, 11) is 0. The predicted octanol–water partition coefficient (Wildman–Crippen LogP) is 4.09. The minimum absolute atomic E-state index is 0.279. The molecule has 0 amide bonds. The van der Waals surface area contributed by atoms with E-state index >= 15 is 0 Å². The van der Waals surface area contributed by atoms with E-state index in [4.69, 9.17) is 4.74 Å². The van der Waals surface area contributed by atoms with Crippen molar-refractivity contribution in [2.75, 3.05) is 11.9 Å². The average Bonchev–Trinajstić information content (AvgIpc) is 2.47. The van der Waals surface area contributed by atoms with Gasteiger partial charge in [0, 0.05) is 12.2 Å². The summed E-state index contributed by atoms with van der Waals surface area (Å²) in [5.74, 6) is -0.279. The predicted molar refractivity (Wildman–Crippen MR) is 85.6 cm³/mol. The molecule has 0 bridgehead atoms. The maximum Gasteiger partial charge on any atom is 0.338 e. The third-order valence-electron chi connectivity index (χ3n) is 3.38. The highest BCUT2D eigenvalue weighted by Gasteiger charge is 2.05. The van der Waals surface area contributed by atoms with E-state index in [2.05, 4.69) is 37.4 Å². The van der Waals surface area contributed by atoms with E-state index in [-0.39, 0.29) is 5.97 Å². The fourth-order valence-corrected chi connectivity index (χ4v) is 2.18. The molecule has 0 aliphatic heterocycles. The van der Waals surface area contributed by atoms with E-state index in [1.165, 1.54) is 16.7 Å². The van der Waals surface area contributed by atoms with Crippen molar-refractivity contribution < 1.29 is 9.53 Å². The fourth-order valence-electron chi connectivity index (χ4n) is 2.18. The molecule has 0 heterocycles. The van der Waals surface area contributed by atoms with Gasteiger partial charge in [-0.3, -0.25) is 0 Å². The number of carbonyl (C=O) groups excluding carboxylic acids is 1. The number of carbonyl (C=O) groups is 1. The average molecular weight is 283 g/mol. The standard InChI is InChI=1S/C18H21NO2/c1-4-21-18(20)15-7-9-17(10-8-15)19-12-16-6-5-13(2)11-14(16)3/h5-11,19H,4,12H2,1-3H3. The summed E-state index contributed by atoms with van der Waals surface area (Å²) < 4.78 is 4.96. The third kappa shape index (κ3) is 4.09. The van der Waals surface area contributed by atoms with Gasteiger partial charge in [0.25, 0.3) is 0 Å². The smallest absolute Gasteiger partial charge is 0.338 e. The first-order valence-electron chi connectivity index (χ1n) is 7.17. The molecule has 0 atom stereocenters. The van der Waals surface area contributed by atoms with Crippen molar-refractivity contribution in [3.63, 3.8) is 0 Å². The van der Waals surface area contributed by atoms with E-state index in [0.717, 1.165) is 12.2 Å². The topological polar surface area (TPSA) is 38.3 Å². The van der Waals surface area contributed by atoms with E-state index < -0.39 is 0 Å². The molecule has 0 spiro atoms. The lowest BCUT2D eigenvalue weighted by Gasteiger charge is -2.10. The Kier molecular flexibility index (Phi) is 4.99. The Labute approximate surface area is 126 Å². The Morgan fingerprint density at radius 3 is 2.43 bits per heavy atom. The van der Waals surface area contributed by atoms with Crippen molar-refractivity contribution in [1.82, 2.24) is 0 Å². The Bertz CT molecular complexity index is 618. The SMILES string of the molecule is CCOC(=O)c1ccc(NCc2ccc(C)cc2C)cc1. The Hall–Kier alpha value is -2.29. The normalized spacial score (nSPS) is 10.2. The molecule has 0 aromatic heterocycles. The molecule has 1 N–H and O–H groups in total. The summed E-state index contributed by atoms with van der Waals surface area (Å²) in [4.78, 5) is 11.6. The highest BCUT2D eigenvalue weighted by atomic mass is 16.5. The van der Waals surface area contributed by atoms with Crippen LogP contribution in [0.1, 0.15) is 34.0 Å². The molecule has 0 unspecified atom stereocenters. The second-order valence-corrected chi connectivity index (χ2v) is 5.08. The van der Waals surface area contributed by atoms with Crippen LogP contribution in [0.5, 0.6) is 0 Å². The molecule has 21 heavy (non-hydrogen) atoms. The lowest BCUT2D eigenvalue weighted by molar-refractivity contribution is 0.0526. The van der Waals surface area contributed by atoms with Gasteiger partial charge in [-0.25, -0.2) is 4.79 Å². The number of hydrogen-bond donors (Lipinski definition) is 1. The molecule has 2 aromatic carbocycles. The molecule has 0 fully saturated rings. The maximum atomic E-state index is 11.6. The van der Waals surface area contributed by atoms with Crippen LogP contribution >= 0.6 is 0 Å². The molecule has 0 saturated carbocycles. The first-order chi connectivity index (χ1) is 10.1. The molecule has 2 rings (SSSR count). The zero-order valence-electron chi connectivity index (χ0n) is 12.8. The molecule has 2 aromatic rings. The van der Waals surface area contributed by atoms with Gasteiger partial charge in [0.2, 0.25) is 0 Å². The van der Waals surface area contributed by atoms with Crippen molar-refractivity contribution in [3.05, 3.63) is 64.7 Å². The van der Waals surface area contributed by atoms with E-state index in [1.807, 2.05) is 12.1 Å². The highest BCUT2D eigenvalue weighted by molar-refractivity contribution is 5.89. The van der Waals surface area contributed by atoms with Gasteiger partial charge in [0.1, 0.15) is 0 Å². The van der Waals surface area contributed by atoms with Gasteiger partial charge < -0.3 is 10.1 Å². The van der Waals surface area contributed by atoms with Crippen molar-refractivity contribution in [1.29, 1.82) is 0 Å². The lowest BCUT2D eigenvalue weighted by Crippen LogP contribution is -2.05. The summed E-state index contributed by atoms with van der Waals surface area (Å²) in [5.41, 5.74) is 5.40. The molecule has 3 heteroatoms. The molecule has 0 radical (unpaired) electrons. The molecule has 0 aliphatic carbocycles. The van der Waals surface area contributed by atoms with Crippen molar-refractivity contribution in [2.45, 2.75) is 27.3 Å². The van der Waals surface area contributed by atoms with Crippen LogP contribution in [0.15, 0.2) is 42.5 Å². The van der Waals surface area contributed by atoms with Gasteiger partial charge in [-0.2, -0.15) is 0 Å². The summed E-state index contributed by atoms with van der Waals surface area (Å²) in [5, 5.41) is 3.37. The number of ether oxygens (including phenoxy) is 1. The highest BCUT2D eigenvalue weighted by Crippen LogP contribution is 2.15. The summed E-state index contributed by atoms with van der Waals surface area (Å²) in [6, 6.07) is 13.8. The summed E-state index contributed by atoms with van der Waals surface area (Å²) in [6.07, 6.45) is 0. The first-order valence-corrected chi connectivity index (χ1v) is 7.17. The van der Waals surface area contributed by atoms with Gasteiger partial charge in [0.15, 0.2) is 0 Å². The van der Waals surface area contributed by atoms with E-state index in [9.17, 15) is 4.79 Å². The van der Waals surface area contributed by atoms with Gasteiger partial charge in [-0.1, -0.05) is 23.8 Å². The van der Waals surface area contributed by atoms with Crippen LogP contribution < -0.4 is 5.32 Å². The molecule has 3 nitrogen and oxygen atoms in total. The minimum Gasteiger partial charge on any atom is -0.462 e. The molecular formula is C18H21NO2. The molecule has 110 valence electrons.